The average Bonchev–Trinajstić information content (AvgIpc) is 2.68. The summed E-state index contributed by atoms with van der Waals surface area (Å²) in [5.74, 6) is 1.79. The third-order valence-corrected chi connectivity index (χ3v) is 4.77. The number of ether oxygens (including phenoxy) is 3. The van der Waals surface area contributed by atoms with E-state index in [1.54, 1.807) is 14.2 Å². The van der Waals surface area contributed by atoms with Crippen molar-refractivity contribution in [1.29, 1.82) is 0 Å². The molecule has 1 aromatic carbocycles. The first kappa shape index (κ1) is 18.0. The number of rotatable bonds is 5. The van der Waals surface area contributed by atoms with Gasteiger partial charge in [-0.3, -0.25) is 9.69 Å². The van der Waals surface area contributed by atoms with Crippen LogP contribution in [0.1, 0.15) is 5.56 Å². The number of piperazine rings is 1. The van der Waals surface area contributed by atoms with E-state index >= 15 is 0 Å². The summed E-state index contributed by atoms with van der Waals surface area (Å²) in [6.07, 6.45) is -0.334. The number of amides is 1. The van der Waals surface area contributed by atoms with Crippen molar-refractivity contribution >= 4 is 5.91 Å². The molecule has 0 aliphatic carbocycles. The van der Waals surface area contributed by atoms with Crippen molar-refractivity contribution in [1.82, 2.24) is 15.1 Å². The molecule has 2 fully saturated rings. The Morgan fingerprint density at radius 2 is 2.04 bits per heavy atom. The summed E-state index contributed by atoms with van der Waals surface area (Å²) in [6, 6.07) is 5.84. The fourth-order valence-electron chi connectivity index (χ4n) is 3.30. The van der Waals surface area contributed by atoms with E-state index in [-0.39, 0.29) is 12.0 Å². The molecule has 1 aromatic rings. The summed E-state index contributed by atoms with van der Waals surface area (Å²) in [6.45, 7) is 5.95. The zero-order valence-electron chi connectivity index (χ0n) is 15.0. The third kappa shape index (κ3) is 4.42. The summed E-state index contributed by atoms with van der Waals surface area (Å²) >= 11 is 0. The molecule has 0 aromatic heterocycles. The van der Waals surface area contributed by atoms with Crippen LogP contribution in [-0.4, -0.2) is 81.9 Å². The van der Waals surface area contributed by atoms with Gasteiger partial charge in [0.15, 0.2) is 0 Å². The molecule has 1 N–H and O–H groups in total. The van der Waals surface area contributed by atoms with Crippen molar-refractivity contribution < 1.29 is 19.0 Å². The third-order valence-electron chi connectivity index (χ3n) is 4.77. The molecule has 7 nitrogen and oxygen atoms in total. The van der Waals surface area contributed by atoms with Crippen molar-refractivity contribution in [3.8, 4) is 11.5 Å². The Kier molecular flexibility index (Phi) is 6.12. The summed E-state index contributed by atoms with van der Waals surface area (Å²) in [5, 5.41) is 3.21. The highest BCUT2D eigenvalue weighted by Crippen LogP contribution is 2.25. The van der Waals surface area contributed by atoms with Crippen molar-refractivity contribution in [2.75, 3.05) is 60.1 Å². The molecule has 2 aliphatic heterocycles. The van der Waals surface area contributed by atoms with Gasteiger partial charge in [-0.15, -0.1) is 0 Å². The number of benzene rings is 1. The minimum absolute atomic E-state index is 0.103. The van der Waals surface area contributed by atoms with Crippen LogP contribution in [0.25, 0.3) is 0 Å². The minimum atomic E-state index is -0.334. The standard InChI is InChI=1S/C18H27N3O4/c1-23-15-3-4-16(24-2)14(11-15)13-20-6-8-21(9-7-20)18(22)17-12-19-5-10-25-17/h3-4,11,17,19H,5-10,12-13H2,1-2H3. The van der Waals surface area contributed by atoms with Crippen LogP contribution in [0.5, 0.6) is 11.5 Å². The maximum Gasteiger partial charge on any atom is 0.253 e. The molecule has 2 aliphatic rings. The summed E-state index contributed by atoms with van der Waals surface area (Å²) in [4.78, 5) is 16.8. The molecule has 3 rings (SSSR count). The lowest BCUT2D eigenvalue weighted by Gasteiger charge is -2.37. The van der Waals surface area contributed by atoms with Gasteiger partial charge in [0.1, 0.15) is 17.6 Å². The van der Waals surface area contributed by atoms with Crippen LogP contribution < -0.4 is 14.8 Å². The number of carbonyl (C=O) groups is 1. The van der Waals surface area contributed by atoms with Gasteiger partial charge < -0.3 is 24.4 Å². The van der Waals surface area contributed by atoms with E-state index in [9.17, 15) is 4.79 Å². The van der Waals surface area contributed by atoms with Crippen LogP contribution >= 0.6 is 0 Å². The largest absolute Gasteiger partial charge is 0.497 e. The molecule has 7 heteroatoms. The van der Waals surface area contributed by atoms with Gasteiger partial charge in [0.05, 0.1) is 20.8 Å². The fraction of sp³-hybridized carbons (Fsp3) is 0.611. The van der Waals surface area contributed by atoms with Crippen LogP contribution in [0.4, 0.5) is 0 Å². The highest BCUT2D eigenvalue weighted by atomic mass is 16.5. The van der Waals surface area contributed by atoms with E-state index in [1.807, 2.05) is 23.1 Å². The molecule has 0 spiro atoms. The molecule has 25 heavy (non-hydrogen) atoms. The lowest BCUT2D eigenvalue weighted by Crippen LogP contribution is -2.54. The van der Waals surface area contributed by atoms with Gasteiger partial charge in [-0.25, -0.2) is 0 Å². The van der Waals surface area contributed by atoms with Crippen LogP contribution in [0.2, 0.25) is 0 Å². The summed E-state index contributed by atoms with van der Waals surface area (Å²) in [5.41, 5.74) is 1.10. The minimum Gasteiger partial charge on any atom is -0.497 e. The fourth-order valence-corrected chi connectivity index (χ4v) is 3.30. The van der Waals surface area contributed by atoms with Gasteiger partial charge in [0.2, 0.25) is 0 Å². The SMILES string of the molecule is COc1ccc(OC)c(CN2CCN(C(=O)C3CNCCO3)CC2)c1. The second-order valence-corrected chi connectivity index (χ2v) is 6.34. The number of hydrogen-bond acceptors (Lipinski definition) is 6. The Morgan fingerprint density at radius 3 is 2.68 bits per heavy atom. The normalized spacial score (nSPS) is 21.8. The average molecular weight is 349 g/mol. The van der Waals surface area contributed by atoms with Gasteiger partial charge in [-0.1, -0.05) is 0 Å². The molecule has 1 amide bonds. The Hall–Kier alpha value is -1.83. The van der Waals surface area contributed by atoms with E-state index in [2.05, 4.69) is 10.2 Å². The van der Waals surface area contributed by atoms with E-state index in [1.165, 1.54) is 0 Å². The first-order chi connectivity index (χ1) is 12.2. The van der Waals surface area contributed by atoms with Gasteiger partial charge in [0.25, 0.3) is 5.91 Å². The van der Waals surface area contributed by atoms with Crippen LogP contribution in [0, 0.1) is 0 Å². The van der Waals surface area contributed by atoms with Crippen LogP contribution in [0.3, 0.4) is 0 Å². The molecule has 138 valence electrons. The number of hydrogen-bond donors (Lipinski definition) is 1. The molecule has 0 radical (unpaired) electrons. The van der Waals surface area contributed by atoms with Crippen molar-refractivity contribution in [3.05, 3.63) is 23.8 Å². The maximum absolute atomic E-state index is 12.5. The van der Waals surface area contributed by atoms with Gasteiger partial charge in [-0.2, -0.15) is 0 Å². The quantitative estimate of drug-likeness (QED) is 0.827. The summed E-state index contributed by atoms with van der Waals surface area (Å²) < 4.78 is 16.3. The number of carbonyl (C=O) groups excluding carboxylic acids is 1. The van der Waals surface area contributed by atoms with Gasteiger partial charge >= 0.3 is 0 Å². The monoisotopic (exact) mass is 349 g/mol. The zero-order chi connectivity index (χ0) is 17.6. The molecule has 1 atom stereocenters. The van der Waals surface area contributed by atoms with E-state index in [0.717, 1.165) is 56.3 Å². The number of nitrogens with zero attached hydrogens (tertiary/aromatic N) is 2. The van der Waals surface area contributed by atoms with Crippen LogP contribution in [0.15, 0.2) is 18.2 Å². The smallest absolute Gasteiger partial charge is 0.253 e. The predicted molar refractivity (Wildman–Crippen MR) is 94.0 cm³/mol. The Bertz CT molecular complexity index is 582. The first-order valence-corrected chi connectivity index (χ1v) is 8.75. The molecule has 2 heterocycles. The highest BCUT2D eigenvalue weighted by Gasteiger charge is 2.29. The Morgan fingerprint density at radius 1 is 1.24 bits per heavy atom. The highest BCUT2D eigenvalue weighted by molar-refractivity contribution is 5.81. The second-order valence-electron chi connectivity index (χ2n) is 6.34. The Labute approximate surface area is 148 Å². The number of morpholine rings is 1. The Balaban J connectivity index is 1.55. The lowest BCUT2D eigenvalue weighted by atomic mass is 10.1. The van der Waals surface area contributed by atoms with Crippen molar-refractivity contribution in [3.63, 3.8) is 0 Å². The van der Waals surface area contributed by atoms with Crippen molar-refractivity contribution in [2.24, 2.45) is 0 Å². The molecular formula is C18H27N3O4. The number of nitrogens with one attached hydrogen (secondary N) is 1. The molecular weight excluding hydrogens is 322 g/mol. The summed E-state index contributed by atoms with van der Waals surface area (Å²) in [7, 11) is 3.35. The lowest BCUT2D eigenvalue weighted by molar-refractivity contribution is -0.147. The van der Waals surface area contributed by atoms with E-state index < -0.39 is 0 Å². The van der Waals surface area contributed by atoms with Crippen molar-refractivity contribution in [2.45, 2.75) is 12.6 Å². The maximum atomic E-state index is 12.5. The number of methoxy groups -OCH3 is 2. The second kappa shape index (κ2) is 8.51. The van der Waals surface area contributed by atoms with E-state index in [0.29, 0.717) is 13.2 Å². The predicted octanol–water partition coefficient (Wildman–Crippen LogP) is 0.336. The topological polar surface area (TPSA) is 63.3 Å². The molecule has 1 unspecified atom stereocenters. The zero-order valence-corrected chi connectivity index (χ0v) is 15.0. The molecule has 2 saturated heterocycles. The van der Waals surface area contributed by atoms with Crippen LogP contribution in [-0.2, 0) is 16.1 Å². The van der Waals surface area contributed by atoms with E-state index in [4.69, 9.17) is 14.2 Å². The first-order valence-electron chi connectivity index (χ1n) is 8.75. The molecule has 0 saturated carbocycles. The molecule has 0 bridgehead atoms. The van der Waals surface area contributed by atoms with Gasteiger partial charge in [-0.05, 0) is 18.2 Å². The van der Waals surface area contributed by atoms with Gasteiger partial charge in [0, 0.05) is 51.4 Å².